The van der Waals surface area contributed by atoms with Crippen LogP contribution in [0.3, 0.4) is 0 Å². The highest BCUT2D eigenvalue weighted by molar-refractivity contribution is 6.33. The van der Waals surface area contributed by atoms with Crippen LogP contribution in [0.4, 0.5) is 5.69 Å². The number of hydrogen-bond donors (Lipinski definition) is 3. The quantitative estimate of drug-likeness (QED) is 0.407. The number of carbonyl (C=O) groups excluding carboxylic acids is 2. The van der Waals surface area contributed by atoms with Crippen LogP contribution in [0.15, 0.2) is 47.6 Å². The van der Waals surface area contributed by atoms with Gasteiger partial charge in [-0.2, -0.15) is 5.10 Å². The lowest BCUT2D eigenvalue weighted by molar-refractivity contribution is -0.116. The Morgan fingerprint density at radius 1 is 1.15 bits per heavy atom. The number of hydrogen-bond acceptors (Lipinski definition) is 4. The van der Waals surface area contributed by atoms with Crippen molar-refractivity contribution < 1.29 is 14.7 Å². The van der Waals surface area contributed by atoms with Gasteiger partial charge in [0.15, 0.2) is 0 Å². The van der Waals surface area contributed by atoms with Crippen LogP contribution in [0.25, 0.3) is 0 Å². The van der Waals surface area contributed by atoms with Crippen molar-refractivity contribution in [3.05, 3.63) is 58.6 Å². The van der Waals surface area contributed by atoms with E-state index < -0.39 is 5.91 Å². The Balaban J connectivity index is 2.16. The summed E-state index contributed by atoms with van der Waals surface area (Å²) in [7, 11) is 0. The third kappa shape index (κ3) is 5.07. The first-order valence-electron chi connectivity index (χ1n) is 8.14. The van der Waals surface area contributed by atoms with Gasteiger partial charge in [-0.25, -0.2) is 5.43 Å². The first-order chi connectivity index (χ1) is 12.4. The van der Waals surface area contributed by atoms with Crippen LogP contribution >= 0.6 is 11.6 Å². The number of hydrazone groups is 1. The fraction of sp³-hybridized carbons (Fsp3) is 0.211. The molecule has 136 valence electrons. The zero-order valence-corrected chi connectivity index (χ0v) is 15.3. The highest BCUT2D eigenvalue weighted by Gasteiger charge is 2.11. The number of amides is 2. The number of anilines is 1. The summed E-state index contributed by atoms with van der Waals surface area (Å²) in [6.45, 7) is 3.56. The van der Waals surface area contributed by atoms with Crippen molar-refractivity contribution in [3.63, 3.8) is 0 Å². The molecule has 0 aliphatic carbocycles. The zero-order valence-electron chi connectivity index (χ0n) is 14.5. The predicted octanol–water partition coefficient (Wildman–Crippen LogP) is 3.94. The van der Waals surface area contributed by atoms with E-state index in [0.717, 1.165) is 6.42 Å². The number of phenols is 1. The van der Waals surface area contributed by atoms with Crippen molar-refractivity contribution in [3.8, 4) is 5.75 Å². The average Bonchev–Trinajstić information content (AvgIpc) is 2.61. The van der Waals surface area contributed by atoms with Crippen molar-refractivity contribution in [1.29, 1.82) is 0 Å². The van der Waals surface area contributed by atoms with Crippen LogP contribution in [-0.4, -0.2) is 22.6 Å². The normalized spacial score (nSPS) is 11.1. The molecule has 2 aromatic carbocycles. The molecule has 2 amide bonds. The smallest absolute Gasteiger partial charge is 0.272 e. The summed E-state index contributed by atoms with van der Waals surface area (Å²) >= 11 is 5.98. The summed E-state index contributed by atoms with van der Waals surface area (Å²) < 4.78 is 0. The SMILES string of the molecule is CCCC(=O)Nc1ccc(O)c(/C(C)=N/NC(=O)c2ccccc2Cl)c1. The molecule has 0 spiro atoms. The van der Waals surface area contributed by atoms with Gasteiger partial charge in [0, 0.05) is 17.7 Å². The van der Waals surface area contributed by atoms with Gasteiger partial charge in [0.2, 0.25) is 5.91 Å². The molecular formula is C19H20ClN3O3. The Kier molecular flexibility index (Phi) is 6.74. The Bertz CT molecular complexity index is 850. The topological polar surface area (TPSA) is 90.8 Å². The number of rotatable bonds is 6. The molecule has 0 aliphatic heterocycles. The standard InChI is InChI=1S/C19H20ClN3O3/c1-3-6-18(25)21-13-9-10-17(24)15(11-13)12(2)22-23-19(26)14-7-4-5-8-16(14)20/h4-5,7-11,24H,3,6H2,1-2H3,(H,21,25)(H,23,26)/b22-12+. The molecule has 0 unspecified atom stereocenters. The number of halogens is 1. The molecule has 7 heteroatoms. The number of benzene rings is 2. The summed E-state index contributed by atoms with van der Waals surface area (Å²) in [5.74, 6) is -0.570. The van der Waals surface area contributed by atoms with Crippen LogP contribution in [0.1, 0.15) is 42.6 Å². The van der Waals surface area contributed by atoms with E-state index in [9.17, 15) is 14.7 Å². The number of nitrogens with zero attached hydrogens (tertiary/aromatic N) is 1. The molecule has 2 aromatic rings. The van der Waals surface area contributed by atoms with Crippen LogP contribution in [0, 0.1) is 0 Å². The van der Waals surface area contributed by atoms with Gasteiger partial charge >= 0.3 is 0 Å². The highest BCUT2D eigenvalue weighted by Crippen LogP contribution is 2.22. The minimum absolute atomic E-state index is 0.00765. The maximum Gasteiger partial charge on any atom is 0.272 e. The molecule has 0 aromatic heterocycles. The molecule has 0 heterocycles. The summed E-state index contributed by atoms with van der Waals surface area (Å²) in [6.07, 6.45) is 1.16. The molecule has 2 rings (SSSR count). The number of carbonyl (C=O) groups is 2. The Morgan fingerprint density at radius 3 is 2.58 bits per heavy atom. The highest BCUT2D eigenvalue weighted by atomic mass is 35.5. The van der Waals surface area contributed by atoms with E-state index in [-0.39, 0.29) is 11.7 Å². The predicted molar refractivity (Wildman–Crippen MR) is 103 cm³/mol. The molecule has 0 aliphatic rings. The molecule has 0 bridgehead atoms. The van der Waals surface area contributed by atoms with Crippen molar-refractivity contribution in [2.75, 3.05) is 5.32 Å². The van der Waals surface area contributed by atoms with Crippen LogP contribution in [0.5, 0.6) is 5.75 Å². The number of aromatic hydroxyl groups is 1. The summed E-state index contributed by atoms with van der Waals surface area (Å²) in [6, 6.07) is 11.3. The minimum Gasteiger partial charge on any atom is -0.507 e. The fourth-order valence-corrected chi connectivity index (χ4v) is 2.48. The molecule has 6 nitrogen and oxygen atoms in total. The molecule has 0 saturated heterocycles. The van der Waals surface area contributed by atoms with E-state index in [2.05, 4.69) is 15.8 Å². The third-order valence-corrected chi connectivity index (χ3v) is 3.92. The van der Waals surface area contributed by atoms with Gasteiger partial charge in [0.25, 0.3) is 5.91 Å². The van der Waals surface area contributed by atoms with E-state index in [1.54, 1.807) is 43.3 Å². The Hall–Kier alpha value is -2.86. The van der Waals surface area contributed by atoms with E-state index in [1.807, 2.05) is 6.92 Å². The first kappa shape index (κ1) is 19.5. The van der Waals surface area contributed by atoms with Crippen LogP contribution in [0.2, 0.25) is 5.02 Å². The molecular weight excluding hydrogens is 354 g/mol. The molecule has 0 saturated carbocycles. The molecule has 0 atom stereocenters. The number of phenolic OH excluding ortho intramolecular Hbond substituents is 1. The molecule has 0 fully saturated rings. The summed E-state index contributed by atoms with van der Waals surface area (Å²) in [4.78, 5) is 23.9. The second-order valence-corrected chi connectivity index (χ2v) is 6.06. The Labute approximate surface area is 156 Å². The van der Waals surface area contributed by atoms with E-state index >= 15 is 0 Å². The van der Waals surface area contributed by atoms with Crippen LogP contribution < -0.4 is 10.7 Å². The molecule has 3 N–H and O–H groups in total. The minimum atomic E-state index is -0.457. The molecule has 26 heavy (non-hydrogen) atoms. The van der Waals surface area contributed by atoms with Crippen molar-refractivity contribution in [2.24, 2.45) is 5.10 Å². The average molecular weight is 374 g/mol. The second kappa shape index (κ2) is 9.01. The number of nitrogens with one attached hydrogen (secondary N) is 2. The van der Waals surface area contributed by atoms with E-state index in [0.29, 0.717) is 34.0 Å². The van der Waals surface area contributed by atoms with Gasteiger partial charge in [-0.05, 0) is 43.7 Å². The lowest BCUT2D eigenvalue weighted by Gasteiger charge is -2.09. The summed E-state index contributed by atoms with van der Waals surface area (Å²) in [5.41, 5.74) is 4.04. The monoisotopic (exact) mass is 373 g/mol. The first-order valence-corrected chi connectivity index (χ1v) is 8.52. The lowest BCUT2D eigenvalue weighted by Crippen LogP contribution is -2.19. The maximum absolute atomic E-state index is 12.1. The second-order valence-electron chi connectivity index (χ2n) is 5.65. The van der Waals surface area contributed by atoms with Gasteiger partial charge in [0.1, 0.15) is 5.75 Å². The fourth-order valence-electron chi connectivity index (χ4n) is 2.25. The van der Waals surface area contributed by atoms with Gasteiger partial charge < -0.3 is 10.4 Å². The van der Waals surface area contributed by atoms with Crippen molar-refractivity contribution in [2.45, 2.75) is 26.7 Å². The van der Waals surface area contributed by atoms with Gasteiger partial charge in [-0.15, -0.1) is 0 Å². The van der Waals surface area contributed by atoms with E-state index in [1.165, 1.54) is 6.07 Å². The van der Waals surface area contributed by atoms with Crippen molar-refractivity contribution in [1.82, 2.24) is 5.43 Å². The summed E-state index contributed by atoms with van der Waals surface area (Å²) in [5, 5.41) is 17.1. The van der Waals surface area contributed by atoms with Gasteiger partial charge in [-0.1, -0.05) is 30.7 Å². The van der Waals surface area contributed by atoms with Gasteiger partial charge in [0.05, 0.1) is 16.3 Å². The van der Waals surface area contributed by atoms with Crippen LogP contribution in [-0.2, 0) is 4.79 Å². The van der Waals surface area contributed by atoms with Crippen molar-refractivity contribution >= 4 is 34.8 Å². The molecule has 0 radical (unpaired) electrons. The lowest BCUT2D eigenvalue weighted by atomic mass is 10.1. The van der Waals surface area contributed by atoms with Gasteiger partial charge in [-0.3, -0.25) is 9.59 Å². The zero-order chi connectivity index (χ0) is 19.1. The third-order valence-electron chi connectivity index (χ3n) is 3.59. The Morgan fingerprint density at radius 2 is 1.88 bits per heavy atom. The maximum atomic E-state index is 12.1. The largest absolute Gasteiger partial charge is 0.507 e. The van der Waals surface area contributed by atoms with E-state index in [4.69, 9.17) is 11.6 Å².